The summed E-state index contributed by atoms with van der Waals surface area (Å²) in [6.45, 7) is 8.97. The Morgan fingerprint density at radius 2 is 1.27 bits per heavy atom. The molecule has 1 rings (SSSR count). The molecular weight excluding hydrogens is 340 g/mol. The average Bonchev–Trinajstić information content (AvgIpc) is 2.61. The van der Waals surface area contributed by atoms with Crippen LogP contribution >= 0.6 is 0 Å². The van der Waals surface area contributed by atoms with E-state index in [0.29, 0.717) is 56.1 Å². The fraction of sp³-hybridized carbons (Fsp3) is 0.632. The lowest BCUT2D eigenvalue weighted by Crippen LogP contribution is -2.11. The highest BCUT2D eigenvalue weighted by Gasteiger charge is 2.29. The van der Waals surface area contributed by atoms with E-state index in [1.165, 1.54) is 0 Å². The SMILES string of the molecule is CCCOc1c(O)c(OC(=O)O)c(CCC)c(OCCC)c1OCCC. The number of ether oxygens (including phenoxy) is 4. The van der Waals surface area contributed by atoms with Gasteiger partial charge in [0.2, 0.25) is 17.2 Å². The van der Waals surface area contributed by atoms with E-state index < -0.39 is 6.16 Å². The number of phenols is 1. The fourth-order valence-electron chi connectivity index (χ4n) is 2.40. The minimum atomic E-state index is -1.51. The Labute approximate surface area is 154 Å². The molecular formula is C19H30O7. The van der Waals surface area contributed by atoms with Gasteiger partial charge in [-0.2, -0.15) is 0 Å². The van der Waals surface area contributed by atoms with Crippen molar-refractivity contribution in [2.75, 3.05) is 19.8 Å². The highest BCUT2D eigenvalue weighted by atomic mass is 16.7. The van der Waals surface area contributed by atoms with Crippen LogP contribution in [-0.2, 0) is 6.42 Å². The van der Waals surface area contributed by atoms with E-state index >= 15 is 0 Å². The molecule has 0 heterocycles. The van der Waals surface area contributed by atoms with Gasteiger partial charge in [-0.1, -0.05) is 34.1 Å². The molecule has 0 radical (unpaired) electrons. The summed E-state index contributed by atoms with van der Waals surface area (Å²) in [5, 5.41) is 19.7. The van der Waals surface area contributed by atoms with E-state index in [2.05, 4.69) is 0 Å². The van der Waals surface area contributed by atoms with Gasteiger partial charge in [0.25, 0.3) is 0 Å². The van der Waals surface area contributed by atoms with Crippen molar-refractivity contribution in [1.82, 2.24) is 0 Å². The van der Waals surface area contributed by atoms with Gasteiger partial charge in [-0.25, -0.2) is 4.79 Å². The second-order valence-electron chi connectivity index (χ2n) is 5.81. The number of carbonyl (C=O) groups is 1. The lowest BCUT2D eigenvalue weighted by molar-refractivity contribution is 0.141. The molecule has 1 aromatic rings. The molecule has 0 bridgehead atoms. The van der Waals surface area contributed by atoms with Crippen molar-refractivity contribution in [3.63, 3.8) is 0 Å². The molecule has 0 amide bonds. The van der Waals surface area contributed by atoms with Crippen LogP contribution in [0, 0.1) is 0 Å². The number of phenolic OH excluding ortho intramolecular Hbond substituents is 1. The summed E-state index contributed by atoms with van der Waals surface area (Å²) in [6, 6.07) is 0. The average molecular weight is 370 g/mol. The molecule has 2 N–H and O–H groups in total. The molecule has 0 aliphatic heterocycles. The Morgan fingerprint density at radius 3 is 1.73 bits per heavy atom. The Hall–Kier alpha value is -2.31. The van der Waals surface area contributed by atoms with Gasteiger partial charge >= 0.3 is 6.16 Å². The third-order valence-corrected chi connectivity index (χ3v) is 3.43. The molecule has 0 aliphatic rings. The third-order valence-electron chi connectivity index (χ3n) is 3.43. The topological polar surface area (TPSA) is 94.5 Å². The van der Waals surface area contributed by atoms with Crippen LogP contribution in [-0.4, -0.2) is 36.2 Å². The van der Waals surface area contributed by atoms with Crippen LogP contribution in [0.3, 0.4) is 0 Å². The lowest BCUT2D eigenvalue weighted by atomic mass is 10.0. The Bertz CT molecular complexity index is 584. The molecule has 7 heteroatoms. The minimum Gasteiger partial charge on any atom is -0.502 e. The van der Waals surface area contributed by atoms with Gasteiger partial charge in [0.15, 0.2) is 11.5 Å². The first-order valence-corrected chi connectivity index (χ1v) is 9.22. The summed E-state index contributed by atoms with van der Waals surface area (Å²) < 4.78 is 22.2. The summed E-state index contributed by atoms with van der Waals surface area (Å²) in [5.41, 5.74) is 0.468. The molecule has 0 aliphatic carbocycles. The van der Waals surface area contributed by atoms with Crippen molar-refractivity contribution >= 4 is 6.16 Å². The van der Waals surface area contributed by atoms with E-state index in [0.717, 1.165) is 12.8 Å². The number of carboxylic acid groups (broad SMARTS) is 1. The summed E-state index contributed by atoms with van der Waals surface area (Å²) in [7, 11) is 0. The molecule has 0 saturated carbocycles. The molecule has 0 unspecified atom stereocenters. The Morgan fingerprint density at radius 1 is 0.769 bits per heavy atom. The Balaban J connectivity index is 3.64. The lowest BCUT2D eigenvalue weighted by Gasteiger charge is -2.22. The van der Waals surface area contributed by atoms with Crippen LogP contribution in [0.15, 0.2) is 0 Å². The van der Waals surface area contributed by atoms with Crippen LogP contribution in [0.1, 0.15) is 58.9 Å². The van der Waals surface area contributed by atoms with Crippen LogP contribution in [0.25, 0.3) is 0 Å². The number of aromatic hydroxyl groups is 1. The molecule has 7 nitrogen and oxygen atoms in total. The molecule has 0 saturated heterocycles. The normalized spacial score (nSPS) is 10.5. The number of hydrogen-bond donors (Lipinski definition) is 2. The third kappa shape index (κ3) is 5.61. The molecule has 0 atom stereocenters. The van der Waals surface area contributed by atoms with Gasteiger partial charge in [-0.05, 0) is 25.7 Å². The maximum Gasteiger partial charge on any atom is 0.511 e. The number of hydrogen-bond acceptors (Lipinski definition) is 6. The van der Waals surface area contributed by atoms with Crippen molar-refractivity contribution in [1.29, 1.82) is 0 Å². The highest BCUT2D eigenvalue weighted by Crippen LogP contribution is 2.54. The molecule has 148 valence electrons. The zero-order valence-corrected chi connectivity index (χ0v) is 16.1. The van der Waals surface area contributed by atoms with E-state index in [1.807, 2.05) is 27.7 Å². The van der Waals surface area contributed by atoms with Gasteiger partial charge in [0.1, 0.15) is 0 Å². The second-order valence-corrected chi connectivity index (χ2v) is 5.81. The van der Waals surface area contributed by atoms with Gasteiger partial charge in [0, 0.05) is 5.56 Å². The van der Waals surface area contributed by atoms with E-state index in [-0.39, 0.29) is 17.2 Å². The number of benzene rings is 1. The Kier molecular flexibility index (Phi) is 9.47. The van der Waals surface area contributed by atoms with Crippen molar-refractivity contribution in [2.45, 2.75) is 59.8 Å². The van der Waals surface area contributed by atoms with Crippen LogP contribution in [0.2, 0.25) is 0 Å². The van der Waals surface area contributed by atoms with Crippen molar-refractivity contribution in [3.8, 4) is 28.7 Å². The smallest absolute Gasteiger partial charge is 0.502 e. The zero-order chi connectivity index (χ0) is 19.5. The first-order chi connectivity index (χ1) is 12.5. The van der Waals surface area contributed by atoms with E-state index in [1.54, 1.807) is 0 Å². The van der Waals surface area contributed by atoms with E-state index in [4.69, 9.17) is 24.1 Å². The van der Waals surface area contributed by atoms with Crippen molar-refractivity contribution < 1.29 is 34.0 Å². The van der Waals surface area contributed by atoms with Crippen molar-refractivity contribution in [2.24, 2.45) is 0 Å². The molecule has 0 aromatic heterocycles. The van der Waals surface area contributed by atoms with Crippen molar-refractivity contribution in [3.05, 3.63) is 5.56 Å². The number of rotatable bonds is 12. The summed E-state index contributed by atoms with van der Waals surface area (Å²) in [5.74, 6) is 0.205. The largest absolute Gasteiger partial charge is 0.511 e. The minimum absolute atomic E-state index is 0.0579. The first kappa shape index (κ1) is 21.7. The molecule has 26 heavy (non-hydrogen) atoms. The predicted octanol–water partition coefficient (Wildman–Crippen LogP) is 4.77. The quantitative estimate of drug-likeness (QED) is 0.404. The monoisotopic (exact) mass is 370 g/mol. The second kappa shape index (κ2) is 11.3. The standard InChI is InChI=1S/C19H30O7/c1-5-9-13-15(26-19(21)22)14(20)17(24-11-7-3)18(25-12-8-4)16(13)23-10-6-2/h20H,5-12H2,1-4H3,(H,21,22). The van der Waals surface area contributed by atoms with Gasteiger partial charge < -0.3 is 29.2 Å². The maximum atomic E-state index is 11.1. The molecule has 0 spiro atoms. The predicted molar refractivity (Wildman–Crippen MR) is 98.1 cm³/mol. The van der Waals surface area contributed by atoms with Crippen LogP contribution < -0.4 is 18.9 Å². The first-order valence-electron chi connectivity index (χ1n) is 9.22. The van der Waals surface area contributed by atoms with Gasteiger partial charge in [-0.15, -0.1) is 0 Å². The summed E-state index contributed by atoms with van der Waals surface area (Å²) in [6.07, 6.45) is 1.90. The molecule has 1 aromatic carbocycles. The van der Waals surface area contributed by atoms with E-state index in [9.17, 15) is 9.90 Å². The van der Waals surface area contributed by atoms with Gasteiger partial charge in [0.05, 0.1) is 19.8 Å². The van der Waals surface area contributed by atoms with Crippen LogP contribution in [0.4, 0.5) is 4.79 Å². The van der Waals surface area contributed by atoms with Crippen LogP contribution in [0.5, 0.6) is 28.7 Å². The highest BCUT2D eigenvalue weighted by molar-refractivity contribution is 5.73. The maximum absolute atomic E-state index is 11.1. The summed E-state index contributed by atoms with van der Waals surface area (Å²) >= 11 is 0. The summed E-state index contributed by atoms with van der Waals surface area (Å²) in [4.78, 5) is 11.1. The fourth-order valence-corrected chi connectivity index (χ4v) is 2.40. The molecule has 0 fully saturated rings. The van der Waals surface area contributed by atoms with Gasteiger partial charge in [-0.3, -0.25) is 0 Å². The zero-order valence-electron chi connectivity index (χ0n) is 16.1.